The monoisotopic (exact) mass is 277 g/mol. The highest BCUT2D eigenvalue weighted by molar-refractivity contribution is 5.84. The number of ether oxygens (including phenoxy) is 1. The average molecular weight is 277 g/mol. The number of carboxylic acid groups (broad SMARTS) is 1. The summed E-state index contributed by atoms with van der Waals surface area (Å²) in [5, 5.41) is 12.3. The molecule has 1 aromatic rings. The molecule has 20 heavy (non-hydrogen) atoms. The van der Waals surface area contributed by atoms with E-state index in [4.69, 9.17) is 9.84 Å². The number of hydrogen-bond acceptors (Lipinski definition) is 5. The van der Waals surface area contributed by atoms with Crippen molar-refractivity contribution in [1.82, 2.24) is 9.97 Å². The summed E-state index contributed by atoms with van der Waals surface area (Å²) in [6.45, 7) is 1.67. The molecule has 1 spiro atoms. The van der Waals surface area contributed by atoms with Gasteiger partial charge in [-0.25, -0.2) is 14.8 Å². The minimum atomic E-state index is -1.05. The molecule has 6 heteroatoms. The Balaban J connectivity index is 1.71. The third-order valence-electron chi connectivity index (χ3n) is 4.59. The first kappa shape index (κ1) is 13.3. The number of carbonyl (C=O) groups is 1. The van der Waals surface area contributed by atoms with E-state index >= 15 is 0 Å². The van der Waals surface area contributed by atoms with Crippen molar-refractivity contribution in [2.75, 3.05) is 18.5 Å². The summed E-state index contributed by atoms with van der Waals surface area (Å²) < 4.78 is 5.48. The van der Waals surface area contributed by atoms with Crippen LogP contribution in [0.3, 0.4) is 0 Å². The van der Waals surface area contributed by atoms with Gasteiger partial charge in [0.2, 0.25) is 0 Å². The average Bonchev–Trinajstić information content (AvgIpc) is 2.83. The molecule has 1 unspecified atom stereocenters. The summed E-state index contributed by atoms with van der Waals surface area (Å²) in [5.41, 5.74) is 0.286. The second-order valence-electron chi connectivity index (χ2n) is 5.66. The molecule has 1 aromatic heterocycles. The predicted octanol–water partition coefficient (Wildman–Crippen LogP) is 1.94. The van der Waals surface area contributed by atoms with Crippen molar-refractivity contribution in [2.45, 2.75) is 38.1 Å². The van der Waals surface area contributed by atoms with Crippen LogP contribution in [0.4, 0.5) is 5.82 Å². The van der Waals surface area contributed by atoms with E-state index < -0.39 is 5.97 Å². The summed E-state index contributed by atoms with van der Waals surface area (Å²) in [6, 6.07) is 0.386. The first-order chi connectivity index (χ1) is 9.70. The van der Waals surface area contributed by atoms with Crippen molar-refractivity contribution in [3.05, 3.63) is 18.1 Å². The van der Waals surface area contributed by atoms with Gasteiger partial charge in [0.05, 0.1) is 12.4 Å². The lowest BCUT2D eigenvalue weighted by Crippen LogP contribution is -2.40. The highest BCUT2D eigenvalue weighted by atomic mass is 16.5. The zero-order valence-corrected chi connectivity index (χ0v) is 11.3. The molecule has 3 rings (SSSR count). The van der Waals surface area contributed by atoms with Gasteiger partial charge < -0.3 is 15.2 Å². The lowest BCUT2D eigenvalue weighted by molar-refractivity contribution is 0.0134. The van der Waals surface area contributed by atoms with Gasteiger partial charge in [0.1, 0.15) is 5.82 Å². The van der Waals surface area contributed by atoms with Crippen molar-refractivity contribution in [2.24, 2.45) is 5.41 Å². The van der Waals surface area contributed by atoms with Crippen LogP contribution in [0.25, 0.3) is 0 Å². The van der Waals surface area contributed by atoms with Crippen LogP contribution >= 0.6 is 0 Å². The van der Waals surface area contributed by atoms with Gasteiger partial charge in [-0.3, -0.25) is 0 Å². The Hall–Kier alpha value is -1.69. The van der Waals surface area contributed by atoms with E-state index in [0.717, 1.165) is 32.5 Å². The fourth-order valence-electron chi connectivity index (χ4n) is 3.43. The Morgan fingerprint density at radius 2 is 2.10 bits per heavy atom. The Bertz CT molecular complexity index is 483. The van der Waals surface area contributed by atoms with Gasteiger partial charge in [-0.15, -0.1) is 0 Å². The van der Waals surface area contributed by atoms with Gasteiger partial charge in [0, 0.05) is 19.3 Å². The van der Waals surface area contributed by atoms with Gasteiger partial charge in [-0.05, 0) is 31.1 Å². The maximum atomic E-state index is 10.8. The predicted molar refractivity (Wildman–Crippen MR) is 72.7 cm³/mol. The maximum absolute atomic E-state index is 10.8. The normalized spacial score (nSPS) is 24.7. The Morgan fingerprint density at radius 3 is 2.75 bits per heavy atom. The molecule has 6 nitrogen and oxygen atoms in total. The van der Waals surface area contributed by atoms with E-state index in [0.29, 0.717) is 17.3 Å². The van der Waals surface area contributed by atoms with Gasteiger partial charge in [-0.1, -0.05) is 6.42 Å². The number of aromatic nitrogens is 2. The molecule has 0 bridgehead atoms. The number of rotatable bonds is 3. The lowest BCUT2D eigenvalue weighted by atomic mass is 9.75. The SMILES string of the molecule is O=C(O)c1cnc(NC2CCCC23CCOCC3)cn1. The zero-order valence-electron chi connectivity index (χ0n) is 11.3. The lowest BCUT2D eigenvalue weighted by Gasteiger charge is -2.39. The van der Waals surface area contributed by atoms with Crippen LogP contribution in [0, 0.1) is 5.41 Å². The van der Waals surface area contributed by atoms with E-state index in [-0.39, 0.29) is 5.69 Å². The van der Waals surface area contributed by atoms with Crippen LogP contribution < -0.4 is 5.32 Å². The fraction of sp³-hybridized carbons (Fsp3) is 0.643. The first-order valence-corrected chi connectivity index (χ1v) is 7.09. The van der Waals surface area contributed by atoms with Crippen LogP contribution in [0.2, 0.25) is 0 Å². The van der Waals surface area contributed by atoms with Crippen LogP contribution in [-0.4, -0.2) is 40.3 Å². The second kappa shape index (κ2) is 5.36. The number of hydrogen-bond donors (Lipinski definition) is 2. The van der Waals surface area contributed by atoms with Gasteiger partial charge >= 0.3 is 5.97 Å². The number of aromatic carboxylic acids is 1. The smallest absolute Gasteiger partial charge is 0.356 e. The van der Waals surface area contributed by atoms with Crippen molar-refractivity contribution in [3.8, 4) is 0 Å². The highest BCUT2D eigenvalue weighted by Crippen LogP contribution is 2.46. The standard InChI is InChI=1S/C14H19N3O3/c18-13(19)10-8-16-12(9-15-10)17-11-2-1-3-14(11)4-6-20-7-5-14/h8-9,11H,1-7H2,(H,16,17)(H,18,19). The summed E-state index contributed by atoms with van der Waals surface area (Å²) >= 11 is 0. The van der Waals surface area contributed by atoms with E-state index in [9.17, 15) is 4.79 Å². The van der Waals surface area contributed by atoms with Crippen LogP contribution in [0.1, 0.15) is 42.6 Å². The quantitative estimate of drug-likeness (QED) is 0.878. The molecule has 0 aromatic carbocycles. The summed E-state index contributed by atoms with van der Waals surface area (Å²) in [5.74, 6) is -0.390. The molecule has 1 atom stereocenters. The van der Waals surface area contributed by atoms with E-state index in [1.54, 1.807) is 0 Å². The second-order valence-corrected chi connectivity index (χ2v) is 5.66. The van der Waals surface area contributed by atoms with Gasteiger partial charge in [-0.2, -0.15) is 0 Å². The van der Waals surface area contributed by atoms with Crippen molar-refractivity contribution >= 4 is 11.8 Å². The number of nitrogens with zero attached hydrogens (tertiary/aromatic N) is 2. The largest absolute Gasteiger partial charge is 0.476 e. The number of carboxylic acids is 1. The van der Waals surface area contributed by atoms with E-state index in [1.807, 2.05) is 0 Å². The molecule has 2 aliphatic rings. The molecule has 0 radical (unpaired) electrons. The highest BCUT2D eigenvalue weighted by Gasteiger charge is 2.43. The molecule has 2 heterocycles. The third-order valence-corrected chi connectivity index (χ3v) is 4.59. The molecular formula is C14H19N3O3. The Morgan fingerprint density at radius 1 is 1.30 bits per heavy atom. The summed E-state index contributed by atoms with van der Waals surface area (Å²) in [6.07, 6.45) is 8.57. The number of anilines is 1. The molecule has 1 aliphatic heterocycles. The molecule has 1 saturated carbocycles. The van der Waals surface area contributed by atoms with Crippen LogP contribution in [-0.2, 0) is 4.74 Å². The molecule has 0 amide bonds. The van der Waals surface area contributed by atoms with E-state index in [1.165, 1.54) is 25.2 Å². The molecule has 1 aliphatic carbocycles. The molecule has 108 valence electrons. The molecular weight excluding hydrogens is 258 g/mol. The first-order valence-electron chi connectivity index (χ1n) is 7.09. The summed E-state index contributed by atoms with van der Waals surface area (Å²) in [4.78, 5) is 18.8. The Labute approximate surface area is 117 Å². The molecule has 1 saturated heterocycles. The topological polar surface area (TPSA) is 84.3 Å². The Kier molecular flexibility index (Phi) is 3.56. The van der Waals surface area contributed by atoms with Crippen molar-refractivity contribution in [3.63, 3.8) is 0 Å². The molecule has 2 fully saturated rings. The van der Waals surface area contributed by atoms with Crippen LogP contribution in [0.15, 0.2) is 12.4 Å². The van der Waals surface area contributed by atoms with E-state index in [2.05, 4.69) is 15.3 Å². The third kappa shape index (κ3) is 2.47. The van der Waals surface area contributed by atoms with Crippen molar-refractivity contribution in [1.29, 1.82) is 0 Å². The minimum Gasteiger partial charge on any atom is -0.476 e. The van der Waals surface area contributed by atoms with Gasteiger partial charge in [0.25, 0.3) is 0 Å². The summed E-state index contributed by atoms with van der Waals surface area (Å²) in [7, 11) is 0. The fourth-order valence-corrected chi connectivity index (χ4v) is 3.43. The van der Waals surface area contributed by atoms with Crippen LogP contribution in [0.5, 0.6) is 0 Å². The van der Waals surface area contributed by atoms with Gasteiger partial charge in [0.15, 0.2) is 5.69 Å². The molecule has 2 N–H and O–H groups in total. The maximum Gasteiger partial charge on any atom is 0.356 e. The zero-order chi connectivity index (χ0) is 14.0. The number of nitrogens with one attached hydrogen (secondary N) is 1. The minimum absolute atomic E-state index is 0.0252. The van der Waals surface area contributed by atoms with Crippen molar-refractivity contribution < 1.29 is 14.6 Å².